The summed E-state index contributed by atoms with van der Waals surface area (Å²) < 4.78 is 80.0. The van der Waals surface area contributed by atoms with Gasteiger partial charge in [0.2, 0.25) is 47.3 Å². The number of unbranched alkanes of at least 4 members (excludes halogenated alkanes) is 4. The molecule has 0 spiro atoms. The number of amides is 10. The molecule has 10 amide bonds. The quantitative estimate of drug-likeness (QED) is 0.0199. The molecule has 4 rings (SSSR count). The maximum absolute atomic E-state index is 14.0. The van der Waals surface area contributed by atoms with E-state index in [0.717, 1.165) is 0 Å². The minimum atomic E-state index is -1.47. The average molecular weight is 1830 g/mol. The van der Waals surface area contributed by atoms with Gasteiger partial charge < -0.3 is 160 Å². The summed E-state index contributed by atoms with van der Waals surface area (Å²) in [5.41, 5.74) is -1.27. The van der Waals surface area contributed by atoms with Gasteiger partial charge in [-0.1, -0.05) is 0 Å². The van der Waals surface area contributed by atoms with Crippen molar-refractivity contribution >= 4 is 76.6 Å². The fourth-order valence-electron chi connectivity index (χ4n) is 13.2. The molecule has 0 aliphatic carbocycles. The van der Waals surface area contributed by atoms with Crippen LogP contribution in [0.2, 0.25) is 0 Å². The Morgan fingerprint density at radius 3 is 0.961 bits per heavy atom. The van der Waals surface area contributed by atoms with Gasteiger partial charge in [-0.25, -0.2) is 4.79 Å². The summed E-state index contributed by atoms with van der Waals surface area (Å²) >= 11 is 0. The Morgan fingerprint density at radius 1 is 0.339 bits per heavy atom. The smallest absolute Gasteiger partial charge is 0.335 e. The van der Waals surface area contributed by atoms with E-state index >= 15 is 0 Å². The summed E-state index contributed by atoms with van der Waals surface area (Å²) in [5, 5.41) is 113. The number of nitrogens with zero attached hydrogens (tertiary/aromatic N) is 1. The molecule has 46 nitrogen and oxygen atoms in total. The highest BCUT2D eigenvalue weighted by Crippen LogP contribution is 2.29. The molecule has 15 unspecified atom stereocenters. The maximum Gasteiger partial charge on any atom is 0.335 e. The van der Waals surface area contributed by atoms with E-state index < -0.39 is 153 Å². The summed E-state index contributed by atoms with van der Waals surface area (Å²) in [5.74, 6) is -5.42. The summed E-state index contributed by atoms with van der Waals surface area (Å²) in [6.45, 7) is 3.71. The number of ketones is 2. The van der Waals surface area contributed by atoms with Crippen LogP contribution in [0.3, 0.4) is 0 Å². The van der Waals surface area contributed by atoms with Crippen LogP contribution in [0.4, 0.5) is 0 Å². The maximum atomic E-state index is 14.0. The fourth-order valence-corrected chi connectivity index (χ4v) is 13.2. The van der Waals surface area contributed by atoms with Gasteiger partial charge in [-0.15, -0.1) is 5.06 Å². The zero-order valence-electron chi connectivity index (χ0n) is 73.2. The second-order valence-electron chi connectivity index (χ2n) is 31.0. The molecule has 15 atom stereocenters. The molecule has 0 bridgehead atoms. The van der Waals surface area contributed by atoms with Gasteiger partial charge in [0.05, 0.1) is 132 Å². The highest BCUT2D eigenvalue weighted by molar-refractivity contribution is 6.01. The lowest BCUT2D eigenvalue weighted by molar-refractivity contribution is -0.270. The molecule has 4 heterocycles. The van der Waals surface area contributed by atoms with Gasteiger partial charge in [-0.3, -0.25) is 57.5 Å². The first-order valence-corrected chi connectivity index (χ1v) is 43.6. The van der Waals surface area contributed by atoms with Crippen LogP contribution in [0.5, 0.6) is 0 Å². The van der Waals surface area contributed by atoms with E-state index in [-0.39, 0.29) is 276 Å². The van der Waals surface area contributed by atoms with Gasteiger partial charge >= 0.3 is 5.97 Å². The van der Waals surface area contributed by atoms with Gasteiger partial charge in [-0.2, -0.15) is 0 Å². The van der Waals surface area contributed by atoms with Gasteiger partial charge in [0.15, 0.2) is 18.9 Å². The Bertz CT molecular complexity index is 2970. The van der Waals surface area contributed by atoms with Crippen LogP contribution in [0.1, 0.15) is 162 Å². The van der Waals surface area contributed by atoms with Gasteiger partial charge in [0.25, 0.3) is 11.8 Å². The Kier molecular flexibility index (Phi) is 58.4. The van der Waals surface area contributed by atoms with E-state index in [4.69, 9.17) is 71.2 Å². The third-order valence-corrected chi connectivity index (χ3v) is 20.1. The minimum absolute atomic E-state index is 0.00855. The first-order chi connectivity index (χ1) is 61.0. The largest absolute Gasteiger partial charge is 0.394 e. The van der Waals surface area contributed by atoms with Crippen molar-refractivity contribution in [3.63, 3.8) is 0 Å². The molecule has 17 N–H and O–H groups in total. The first-order valence-electron chi connectivity index (χ1n) is 43.6. The highest BCUT2D eigenvalue weighted by atomic mass is 16.7. The lowest BCUT2D eigenvalue weighted by Crippen LogP contribution is -2.64. The summed E-state index contributed by atoms with van der Waals surface area (Å²) in [7, 11) is 0. The molecule has 0 aromatic rings. The summed E-state index contributed by atoms with van der Waals surface area (Å²) in [6, 6.07) is -3.31. The number of aliphatic hydroxyl groups is 9. The minimum Gasteiger partial charge on any atom is -0.394 e. The van der Waals surface area contributed by atoms with Crippen LogP contribution in [0.15, 0.2) is 0 Å². The number of aliphatic hydroxyl groups excluding tert-OH is 9. The SMILES string of the molecule is CC(=O)NC1C(OCCCCC(=O)CCCCNC(=O)CCOCC(COCCC(=O)NCCCNC(=O)CCCCOC2OC(CO)C(O)C(O)C2NC(C)=O)(COCCC(=O)NCCCNC(=O)CCCCOC2OC(CO)C(O)C(O)C2NC(C)=O)CC(=O)CCOCCOCCOCCOCCOCCC(=O)ON2C(=O)CCC2=O)OC(CO)C(O)C1O. The van der Waals surface area contributed by atoms with Crippen LogP contribution < -0.4 is 42.5 Å². The topological polar surface area (TPSA) is 642 Å². The number of hydrogen-bond acceptors (Lipinski definition) is 37. The molecule has 46 heteroatoms. The summed E-state index contributed by atoms with van der Waals surface area (Å²) in [6.07, 6.45) is -11.8. The molecule has 127 heavy (non-hydrogen) atoms. The van der Waals surface area contributed by atoms with Crippen LogP contribution >= 0.6 is 0 Å². The van der Waals surface area contributed by atoms with E-state index in [1.54, 1.807) is 0 Å². The van der Waals surface area contributed by atoms with E-state index in [9.17, 15) is 108 Å². The van der Waals surface area contributed by atoms with Crippen molar-refractivity contribution in [3.8, 4) is 0 Å². The Balaban J connectivity index is 1.28. The van der Waals surface area contributed by atoms with Crippen molar-refractivity contribution < 1.29 is 179 Å². The molecular formula is C81H139N9O37. The number of ether oxygens (including phenoxy) is 14. The van der Waals surface area contributed by atoms with Crippen LogP contribution in [-0.4, -0.2) is 398 Å². The lowest BCUT2D eigenvalue weighted by Gasteiger charge is -2.42. The zero-order chi connectivity index (χ0) is 93.2. The average Bonchev–Trinajstić information content (AvgIpc) is 1.62. The Morgan fingerprint density at radius 2 is 0.630 bits per heavy atom. The van der Waals surface area contributed by atoms with Crippen molar-refractivity contribution in [2.75, 3.05) is 178 Å². The van der Waals surface area contributed by atoms with Crippen molar-refractivity contribution in [2.45, 2.75) is 254 Å². The third-order valence-electron chi connectivity index (χ3n) is 20.1. The molecule has 730 valence electrons. The Labute approximate surface area is 738 Å². The van der Waals surface area contributed by atoms with Crippen LogP contribution in [0, 0.1) is 5.41 Å². The predicted molar refractivity (Wildman–Crippen MR) is 438 cm³/mol. The second-order valence-corrected chi connectivity index (χ2v) is 31.0. The molecule has 0 aromatic carbocycles. The van der Waals surface area contributed by atoms with Gasteiger partial charge in [0.1, 0.15) is 84.6 Å². The highest BCUT2D eigenvalue weighted by Gasteiger charge is 2.48. The van der Waals surface area contributed by atoms with Crippen LogP contribution in [-0.2, 0) is 133 Å². The molecule has 4 fully saturated rings. The molecule has 4 aliphatic heterocycles. The van der Waals surface area contributed by atoms with E-state index in [1.165, 1.54) is 20.8 Å². The number of carbonyl (C=O) groups is 13. The Hall–Kier alpha value is -7.21. The van der Waals surface area contributed by atoms with Crippen LogP contribution in [0.25, 0.3) is 0 Å². The first kappa shape index (κ1) is 112. The fraction of sp³-hybridized carbons (Fsp3) is 0.840. The van der Waals surface area contributed by atoms with Crippen molar-refractivity contribution in [3.05, 3.63) is 0 Å². The number of imide groups is 1. The lowest BCUT2D eigenvalue weighted by atomic mass is 9.84. The van der Waals surface area contributed by atoms with Gasteiger partial charge in [-0.05, 0) is 64.2 Å². The number of Topliss-reactive ketones (excluding diaryl/α,β-unsaturated/α-hetero) is 2. The molecule has 0 radical (unpaired) electrons. The molecule has 0 saturated carbocycles. The summed E-state index contributed by atoms with van der Waals surface area (Å²) in [4.78, 5) is 167. The zero-order valence-corrected chi connectivity index (χ0v) is 73.2. The van der Waals surface area contributed by atoms with Gasteiger partial charge in [0, 0.05) is 149 Å². The number of rotatable bonds is 73. The molecule has 4 saturated heterocycles. The third kappa shape index (κ3) is 47.4. The van der Waals surface area contributed by atoms with Crippen molar-refractivity contribution in [1.82, 2.24) is 47.6 Å². The van der Waals surface area contributed by atoms with Crippen molar-refractivity contribution in [2.24, 2.45) is 5.41 Å². The normalized spacial score (nSPS) is 23.4. The molecule has 0 aromatic heterocycles. The number of nitrogens with one attached hydrogen (secondary N) is 8. The van der Waals surface area contributed by atoms with Crippen molar-refractivity contribution in [1.29, 1.82) is 0 Å². The second kappa shape index (κ2) is 66.2. The predicted octanol–water partition coefficient (Wildman–Crippen LogP) is -5.89. The monoisotopic (exact) mass is 1830 g/mol. The standard InChI is InChI=1S/C81H139N9O37/c1-53(94)87-69-75(110)72(107)58(47-91)124-78(69)121-30-9-5-15-56(97)14-4-8-25-82-63(101)21-34-118-50-81(46-57(98)20-33-113-38-40-115-42-44-117-45-43-116-41-39-114-37-24-68(106)127-90-66(104)18-19-67(90)105,51-119-35-22-64(102)85-28-12-26-83-61(99)16-6-10-31-122-79-70(88-54(2)95)76(111)73(108)59(48-92)125-79)52-120-36-23-65(103)86-29-13-27-84-62(100)17-7-11-32-123-80-71(89-55(3)96)77(112)74(109)60(49-93)126-80/h58-60,69-80,91-93,107-112H,4-52H2,1-3H3,(H,82,101)(H,83,99)(H,84,100)(H,85,102)(H,86,103)(H,87,94)(H,88,95)(H,89,96). The van der Waals surface area contributed by atoms with E-state index in [0.29, 0.717) is 69.3 Å². The molecular weight excluding hydrogens is 1690 g/mol. The molecule has 4 aliphatic rings. The van der Waals surface area contributed by atoms with E-state index in [2.05, 4.69) is 42.5 Å². The number of hydroxylamine groups is 2. The number of hydrogen-bond donors (Lipinski definition) is 17. The number of carbonyl (C=O) groups excluding carboxylic acids is 13. The van der Waals surface area contributed by atoms with E-state index in [1.807, 2.05) is 0 Å².